The smallest absolute Gasteiger partial charge is 0.225 e. The van der Waals surface area contributed by atoms with Crippen molar-refractivity contribution in [3.05, 3.63) is 29.3 Å². The quantitative estimate of drug-likeness (QED) is 0.647. The van der Waals surface area contributed by atoms with Gasteiger partial charge in [0.2, 0.25) is 5.91 Å². The Kier molecular flexibility index (Phi) is 6.86. The Morgan fingerprint density at radius 1 is 1.39 bits per heavy atom. The maximum Gasteiger partial charge on any atom is 0.225 e. The molecule has 1 fully saturated rings. The third kappa shape index (κ3) is 4.69. The molecular formula is C12H16Cl2N2OS. The fourth-order valence-electron chi connectivity index (χ4n) is 1.49. The molecule has 1 aromatic rings. The first-order valence-electron chi connectivity index (χ1n) is 5.62. The minimum Gasteiger partial charge on any atom is -0.355 e. The lowest BCUT2D eigenvalue weighted by Crippen LogP contribution is -2.51. The highest BCUT2D eigenvalue weighted by molar-refractivity contribution is 7.99. The fraction of sp³-hybridized carbons (Fsp3) is 0.417. The van der Waals surface area contributed by atoms with Gasteiger partial charge in [0, 0.05) is 35.3 Å². The van der Waals surface area contributed by atoms with E-state index in [9.17, 15) is 4.79 Å². The van der Waals surface area contributed by atoms with Crippen molar-refractivity contribution in [1.29, 1.82) is 0 Å². The van der Waals surface area contributed by atoms with E-state index >= 15 is 0 Å². The second kappa shape index (κ2) is 7.89. The maximum absolute atomic E-state index is 11.5. The predicted molar refractivity (Wildman–Crippen MR) is 78.8 cm³/mol. The van der Waals surface area contributed by atoms with Crippen molar-refractivity contribution in [1.82, 2.24) is 10.6 Å². The highest BCUT2D eigenvalue weighted by Crippen LogP contribution is 2.19. The van der Waals surface area contributed by atoms with Crippen LogP contribution in [0.5, 0.6) is 0 Å². The average molecular weight is 307 g/mol. The van der Waals surface area contributed by atoms with Crippen LogP contribution in [0.1, 0.15) is 0 Å². The highest BCUT2D eigenvalue weighted by atomic mass is 35.5. The number of nitrogens with one attached hydrogen (secondary N) is 2. The molecule has 6 heteroatoms. The Balaban J connectivity index is 0.00000162. The SMILES string of the molecule is Cl.O=C(NCCSc1ccc(Cl)cc1)C1CNC1. The van der Waals surface area contributed by atoms with Crippen molar-refractivity contribution in [2.24, 2.45) is 5.92 Å². The zero-order valence-electron chi connectivity index (χ0n) is 9.82. The van der Waals surface area contributed by atoms with E-state index in [1.807, 2.05) is 24.3 Å². The Morgan fingerprint density at radius 2 is 2.06 bits per heavy atom. The first-order valence-corrected chi connectivity index (χ1v) is 6.99. The Labute approximate surface area is 122 Å². The summed E-state index contributed by atoms with van der Waals surface area (Å²) in [6, 6.07) is 7.74. The van der Waals surface area contributed by atoms with Gasteiger partial charge >= 0.3 is 0 Å². The lowest BCUT2D eigenvalue weighted by atomic mass is 10.0. The van der Waals surface area contributed by atoms with Crippen LogP contribution in [0, 0.1) is 5.92 Å². The number of benzene rings is 1. The summed E-state index contributed by atoms with van der Waals surface area (Å²) in [6.45, 7) is 2.34. The van der Waals surface area contributed by atoms with Crippen LogP contribution in [0.25, 0.3) is 0 Å². The summed E-state index contributed by atoms with van der Waals surface area (Å²) in [5.41, 5.74) is 0. The second-order valence-electron chi connectivity index (χ2n) is 3.95. The van der Waals surface area contributed by atoms with E-state index in [1.165, 1.54) is 4.90 Å². The molecule has 1 aromatic carbocycles. The summed E-state index contributed by atoms with van der Waals surface area (Å²) < 4.78 is 0. The molecule has 100 valence electrons. The normalized spacial score (nSPS) is 14.5. The van der Waals surface area contributed by atoms with E-state index in [-0.39, 0.29) is 24.2 Å². The Morgan fingerprint density at radius 3 is 2.61 bits per heavy atom. The molecule has 0 radical (unpaired) electrons. The zero-order valence-corrected chi connectivity index (χ0v) is 12.2. The average Bonchev–Trinajstić information content (AvgIpc) is 2.24. The molecule has 2 N–H and O–H groups in total. The van der Waals surface area contributed by atoms with Crippen molar-refractivity contribution >= 4 is 41.7 Å². The first-order chi connectivity index (χ1) is 8.25. The van der Waals surface area contributed by atoms with Gasteiger partial charge in [-0.25, -0.2) is 0 Å². The van der Waals surface area contributed by atoms with Gasteiger partial charge in [-0.3, -0.25) is 4.79 Å². The van der Waals surface area contributed by atoms with Crippen LogP contribution in [-0.4, -0.2) is 31.3 Å². The summed E-state index contributed by atoms with van der Waals surface area (Å²) in [6.07, 6.45) is 0. The lowest BCUT2D eigenvalue weighted by molar-refractivity contribution is -0.126. The molecule has 1 amide bonds. The number of hydrogen-bond donors (Lipinski definition) is 2. The van der Waals surface area contributed by atoms with Crippen LogP contribution in [0.2, 0.25) is 5.02 Å². The molecule has 18 heavy (non-hydrogen) atoms. The van der Waals surface area contributed by atoms with Crippen LogP contribution in [-0.2, 0) is 4.79 Å². The Hall–Kier alpha value is -0.420. The lowest BCUT2D eigenvalue weighted by Gasteiger charge is -2.25. The number of thioether (sulfide) groups is 1. The molecule has 0 spiro atoms. The van der Waals surface area contributed by atoms with E-state index in [2.05, 4.69) is 10.6 Å². The van der Waals surface area contributed by atoms with Gasteiger partial charge in [0.25, 0.3) is 0 Å². The summed E-state index contributed by atoms with van der Waals surface area (Å²) in [4.78, 5) is 12.7. The molecule has 1 saturated heterocycles. The number of amides is 1. The maximum atomic E-state index is 11.5. The zero-order chi connectivity index (χ0) is 12.1. The van der Waals surface area contributed by atoms with E-state index < -0.39 is 0 Å². The number of carbonyl (C=O) groups is 1. The van der Waals surface area contributed by atoms with Gasteiger partial charge in [-0.05, 0) is 24.3 Å². The molecule has 1 aliphatic heterocycles. The van der Waals surface area contributed by atoms with Crippen molar-refractivity contribution in [2.75, 3.05) is 25.4 Å². The molecule has 0 unspecified atom stereocenters. The van der Waals surface area contributed by atoms with Gasteiger partial charge in [0.1, 0.15) is 0 Å². The molecule has 1 heterocycles. The first kappa shape index (κ1) is 15.6. The molecule has 0 saturated carbocycles. The fourth-order valence-corrected chi connectivity index (χ4v) is 2.39. The van der Waals surface area contributed by atoms with E-state index in [1.54, 1.807) is 11.8 Å². The molecule has 3 nitrogen and oxygen atoms in total. The molecule has 1 aliphatic rings. The van der Waals surface area contributed by atoms with Crippen molar-refractivity contribution in [2.45, 2.75) is 4.90 Å². The molecule has 0 atom stereocenters. The number of carbonyl (C=O) groups excluding carboxylic acids is 1. The van der Waals surface area contributed by atoms with Gasteiger partial charge < -0.3 is 10.6 Å². The van der Waals surface area contributed by atoms with E-state index in [0.717, 1.165) is 23.9 Å². The van der Waals surface area contributed by atoms with Gasteiger partial charge in [-0.2, -0.15) is 0 Å². The number of halogens is 2. The minimum absolute atomic E-state index is 0. The largest absolute Gasteiger partial charge is 0.355 e. The van der Waals surface area contributed by atoms with Gasteiger partial charge in [0.05, 0.1) is 5.92 Å². The summed E-state index contributed by atoms with van der Waals surface area (Å²) in [5.74, 6) is 1.23. The van der Waals surface area contributed by atoms with Gasteiger partial charge in [-0.15, -0.1) is 24.2 Å². The molecule has 0 aliphatic carbocycles. The van der Waals surface area contributed by atoms with Crippen molar-refractivity contribution in [3.8, 4) is 0 Å². The third-order valence-corrected chi connectivity index (χ3v) is 3.90. The van der Waals surface area contributed by atoms with Gasteiger partial charge in [-0.1, -0.05) is 11.6 Å². The van der Waals surface area contributed by atoms with Crippen LogP contribution in [0.4, 0.5) is 0 Å². The Bertz CT molecular complexity index is 382. The van der Waals surface area contributed by atoms with Gasteiger partial charge in [0.15, 0.2) is 0 Å². The molecule has 2 rings (SSSR count). The number of hydrogen-bond acceptors (Lipinski definition) is 3. The summed E-state index contributed by atoms with van der Waals surface area (Å²) in [7, 11) is 0. The molecule has 0 aromatic heterocycles. The molecular weight excluding hydrogens is 291 g/mol. The van der Waals surface area contributed by atoms with E-state index in [4.69, 9.17) is 11.6 Å². The number of rotatable bonds is 5. The van der Waals surface area contributed by atoms with Crippen LogP contribution in [0.3, 0.4) is 0 Å². The predicted octanol–water partition coefficient (Wildman–Crippen LogP) is 2.19. The topological polar surface area (TPSA) is 41.1 Å². The van der Waals surface area contributed by atoms with Crippen LogP contribution < -0.4 is 10.6 Å². The summed E-state index contributed by atoms with van der Waals surface area (Å²) in [5, 5.41) is 6.78. The van der Waals surface area contributed by atoms with Crippen LogP contribution >= 0.6 is 35.8 Å². The second-order valence-corrected chi connectivity index (χ2v) is 5.55. The highest BCUT2D eigenvalue weighted by Gasteiger charge is 2.23. The van der Waals surface area contributed by atoms with Crippen molar-refractivity contribution < 1.29 is 4.79 Å². The summed E-state index contributed by atoms with van der Waals surface area (Å²) >= 11 is 7.52. The molecule has 0 bridgehead atoms. The van der Waals surface area contributed by atoms with Crippen LogP contribution in [0.15, 0.2) is 29.2 Å². The third-order valence-electron chi connectivity index (χ3n) is 2.64. The van der Waals surface area contributed by atoms with Crippen molar-refractivity contribution in [3.63, 3.8) is 0 Å². The minimum atomic E-state index is 0. The van der Waals surface area contributed by atoms with E-state index in [0.29, 0.717) is 6.54 Å². The standard InChI is InChI=1S/C12H15ClN2OS.ClH/c13-10-1-3-11(4-2-10)17-6-5-15-12(16)9-7-14-8-9;/h1-4,9,14H,5-8H2,(H,15,16);1H. The monoisotopic (exact) mass is 306 g/mol.